The van der Waals surface area contributed by atoms with E-state index in [-0.39, 0.29) is 6.03 Å². The van der Waals surface area contributed by atoms with Gasteiger partial charge in [-0.15, -0.1) is 0 Å². The van der Waals surface area contributed by atoms with Gasteiger partial charge in [0.2, 0.25) is 0 Å². The first-order chi connectivity index (χ1) is 10.1. The largest absolute Gasteiger partial charge is 0.338 e. The zero-order chi connectivity index (χ0) is 15.7. The zero-order valence-corrected chi connectivity index (χ0v) is 13.5. The smallest absolute Gasteiger partial charge is 0.319 e. The first-order valence-corrected chi connectivity index (χ1v) is 8.00. The summed E-state index contributed by atoms with van der Waals surface area (Å²) in [6.45, 7) is 7.80. The molecular formula is C17H29N3O. The summed E-state index contributed by atoms with van der Waals surface area (Å²) >= 11 is 0. The average Bonchev–Trinajstić information content (AvgIpc) is 2.51. The number of para-hydroxylation sites is 1. The highest BCUT2D eigenvalue weighted by Gasteiger charge is 2.14. The molecule has 0 aliphatic heterocycles. The van der Waals surface area contributed by atoms with E-state index in [9.17, 15) is 4.79 Å². The van der Waals surface area contributed by atoms with Crippen molar-refractivity contribution in [1.82, 2.24) is 5.32 Å². The molecular weight excluding hydrogens is 262 g/mol. The van der Waals surface area contributed by atoms with E-state index in [1.165, 1.54) is 11.1 Å². The molecule has 1 aromatic rings. The van der Waals surface area contributed by atoms with Gasteiger partial charge in [0, 0.05) is 12.2 Å². The number of hydrogen-bond donors (Lipinski definition) is 3. The molecule has 0 saturated carbocycles. The summed E-state index contributed by atoms with van der Waals surface area (Å²) in [6.07, 6.45) is 3.81. The first kappa shape index (κ1) is 17.5. The van der Waals surface area contributed by atoms with Crippen LogP contribution in [0.3, 0.4) is 0 Å². The van der Waals surface area contributed by atoms with Crippen molar-refractivity contribution >= 4 is 11.7 Å². The van der Waals surface area contributed by atoms with Gasteiger partial charge in [0.15, 0.2) is 0 Å². The molecule has 0 fully saturated rings. The van der Waals surface area contributed by atoms with Crippen molar-refractivity contribution in [3.8, 4) is 0 Å². The fourth-order valence-corrected chi connectivity index (χ4v) is 2.33. The Morgan fingerprint density at radius 3 is 2.67 bits per heavy atom. The van der Waals surface area contributed by atoms with Gasteiger partial charge in [-0.05, 0) is 49.3 Å². The Balaban J connectivity index is 2.77. The molecule has 4 heteroatoms. The molecule has 21 heavy (non-hydrogen) atoms. The fourth-order valence-electron chi connectivity index (χ4n) is 2.33. The number of carbonyl (C=O) groups excluding carboxylic acids is 1. The maximum absolute atomic E-state index is 12.1. The Kier molecular flexibility index (Phi) is 7.83. The lowest BCUT2D eigenvalue weighted by Gasteiger charge is -2.19. The first-order valence-electron chi connectivity index (χ1n) is 8.00. The number of urea groups is 1. The van der Waals surface area contributed by atoms with E-state index >= 15 is 0 Å². The second kappa shape index (κ2) is 9.40. The lowest BCUT2D eigenvalue weighted by Crippen LogP contribution is -2.30. The third-order valence-corrected chi connectivity index (χ3v) is 3.86. The normalized spacial score (nSPS) is 12.0. The van der Waals surface area contributed by atoms with Crippen LogP contribution in [0.2, 0.25) is 0 Å². The van der Waals surface area contributed by atoms with Crippen LogP contribution in [-0.4, -0.2) is 19.1 Å². The monoisotopic (exact) mass is 291 g/mol. The van der Waals surface area contributed by atoms with Crippen molar-refractivity contribution in [2.45, 2.75) is 52.4 Å². The Bertz CT molecular complexity index is 446. The van der Waals surface area contributed by atoms with E-state index < -0.39 is 0 Å². The van der Waals surface area contributed by atoms with Crippen molar-refractivity contribution < 1.29 is 4.79 Å². The van der Waals surface area contributed by atoms with Gasteiger partial charge < -0.3 is 16.4 Å². The van der Waals surface area contributed by atoms with Crippen molar-refractivity contribution in [3.05, 3.63) is 29.3 Å². The summed E-state index contributed by atoms with van der Waals surface area (Å²) in [4.78, 5) is 12.1. The van der Waals surface area contributed by atoms with Crippen molar-refractivity contribution in [1.29, 1.82) is 0 Å². The number of nitrogens with one attached hydrogen (secondary N) is 2. The number of benzene rings is 1. The predicted octanol–water partition coefficient (Wildman–Crippen LogP) is 3.62. The number of unbranched alkanes of at least 4 members (excludes halogenated alkanes) is 1. The molecule has 1 unspecified atom stereocenters. The third kappa shape index (κ3) is 5.38. The molecule has 0 spiro atoms. The maximum atomic E-state index is 12.1. The van der Waals surface area contributed by atoms with Crippen molar-refractivity contribution in [2.75, 3.05) is 18.4 Å². The molecule has 0 bridgehead atoms. The minimum atomic E-state index is -0.127. The van der Waals surface area contributed by atoms with Crippen LogP contribution >= 0.6 is 0 Å². The Hall–Kier alpha value is -1.55. The molecule has 0 aliphatic rings. The predicted molar refractivity (Wildman–Crippen MR) is 89.8 cm³/mol. The molecule has 4 N–H and O–H groups in total. The summed E-state index contributed by atoms with van der Waals surface area (Å²) in [7, 11) is 0. The van der Waals surface area contributed by atoms with E-state index in [2.05, 4.69) is 49.6 Å². The molecule has 4 nitrogen and oxygen atoms in total. The van der Waals surface area contributed by atoms with Crippen LogP contribution in [0.1, 0.15) is 57.1 Å². The van der Waals surface area contributed by atoms with Gasteiger partial charge in [-0.3, -0.25) is 0 Å². The van der Waals surface area contributed by atoms with Crippen LogP contribution in [0.15, 0.2) is 18.2 Å². The second-order valence-corrected chi connectivity index (χ2v) is 5.42. The number of carbonyl (C=O) groups is 1. The molecule has 118 valence electrons. The van der Waals surface area contributed by atoms with E-state index in [1.807, 2.05) is 0 Å². The van der Waals surface area contributed by atoms with Crippen LogP contribution < -0.4 is 16.4 Å². The highest BCUT2D eigenvalue weighted by atomic mass is 16.2. The Morgan fingerprint density at radius 1 is 1.29 bits per heavy atom. The average molecular weight is 291 g/mol. The molecule has 1 rings (SSSR count). The number of hydrogen-bond acceptors (Lipinski definition) is 2. The van der Waals surface area contributed by atoms with Crippen LogP contribution in [-0.2, 0) is 6.42 Å². The van der Waals surface area contributed by atoms with E-state index in [0.29, 0.717) is 19.0 Å². The second-order valence-electron chi connectivity index (χ2n) is 5.42. The lowest BCUT2D eigenvalue weighted by molar-refractivity contribution is 0.252. The van der Waals surface area contributed by atoms with Gasteiger partial charge in [0.1, 0.15) is 0 Å². The molecule has 0 aromatic heterocycles. The zero-order valence-electron chi connectivity index (χ0n) is 13.5. The summed E-state index contributed by atoms with van der Waals surface area (Å²) in [6, 6.07) is 6.13. The summed E-state index contributed by atoms with van der Waals surface area (Å²) in [5.74, 6) is 0.434. The molecule has 1 aromatic carbocycles. The molecule has 0 aliphatic carbocycles. The number of nitrogens with two attached hydrogens (primary N) is 1. The van der Waals surface area contributed by atoms with Crippen LogP contribution in [0.5, 0.6) is 0 Å². The SMILES string of the molecule is CCc1cccc(C(C)CC)c1NC(=O)NCCCCN. The van der Waals surface area contributed by atoms with Crippen molar-refractivity contribution in [2.24, 2.45) is 5.73 Å². The van der Waals surface area contributed by atoms with Gasteiger partial charge in [0.25, 0.3) is 0 Å². The number of rotatable bonds is 8. The maximum Gasteiger partial charge on any atom is 0.319 e. The Morgan fingerprint density at radius 2 is 2.05 bits per heavy atom. The highest BCUT2D eigenvalue weighted by Crippen LogP contribution is 2.30. The summed E-state index contributed by atoms with van der Waals surface area (Å²) in [5.41, 5.74) is 8.83. The van der Waals surface area contributed by atoms with Crippen LogP contribution in [0.4, 0.5) is 10.5 Å². The van der Waals surface area contributed by atoms with Gasteiger partial charge >= 0.3 is 6.03 Å². The van der Waals surface area contributed by atoms with Crippen LogP contribution in [0.25, 0.3) is 0 Å². The molecule has 1 atom stereocenters. The molecule has 2 amide bonds. The van der Waals surface area contributed by atoms with Crippen LogP contribution in [0, 0.1) is 0 Å². The minimum absolute atomic E-state index is 0.127. The summed E-state index contributed by atoms with van der Waals surface area (Å²) in [5, 5.41) is 5.94. The molecule has 0 heterocycles. The standard InChI is InChI=1S/C17H29N3O/c1-4-13(3)15-10-8-9-14(5-2)16(15)20-17(21)19-12-7-6-11-18/h8-10,13H,4-7,11-12,18H2,1-3H3,(H2,19,20,21). The molecule has 0 saturated heterocycles. The number of anilines is 1. The summed E-state index contributed by atoms with van der Waals surface area (Å²) < 4.78 is 0. The van der Waals surface area contributed by atoms with E-state index in [4.69, 9.17) is 5.73 Å². The van der Waals surface area contributed by atoms with Gasteiger partial charge in [-0.25, -0.2) is 4.79 Å². The van der Waals surface area contributed by atoms with Gasteiger partial charge in [0.05, 0.1) is 0 Å². The third-order valence-electron chi connectivity index (χ3n) is 3.86. The van der Waals surface area contributed by atoms with Crippen molar-refractivity contribution in [3.63, 3.8) is 0 Å². The quantitative estimate of drug-likeness (QED) is 0.640. The van der Waals surface area contributed by atoms with E-state index in [0.717, 1.165) is 31.4 Å². The minimum Gasteiger partial charge on any atom is -0.338 e. The topological polar surface area (TPSA) is 67.2 Å². The van der Waals surface area contributed by atoms with E-state index in [1.54, 1.807) is 0 Å². The molecule has 0 radical (unpaired) electrons. The van der Waals surface area contributed by atoms with Gasteiger partial charge in [-0.2, -0.15) is 0 Å². The number of aryl methyl sites for hydroxylation is 1. The van der Waals surface area contributed by atoms with Gasteiger partial charge in [-0.1, -0.05) is 39.0 Å². The number of amides is 2. The Labute approximate surface area is 128 Å². The fraction of sp³-hybridized carbons (Fsp3) is 0.588. The lowest BCUT2D eigenvalue weighted by atomic mass is 9.93. The highest BCUT2D eigenvalue weighted by molar-refractivity contribution is 5.91.